The molecule has 0 spiro atoms. The molecule has 0 bridgehead atoms. The van der Waals surface area contributed by atoms with E-state index in [0.29, 0.717) is 34.4 Å². The van der Waals surface area contributed by atoms with Crippen LogP contribution >= 0.6 is 0 Å². The molecule has 0 unspecified atom stereocenters. The van der Waals surface area contributed by atoms with Gasteiger partial charge in [-0.25, -0.2) is 9.18 Å². The number of anilines is 2. The van der Waals surface area contributed by atoms with Crippen molar-refractivity contribution in [2.24, 2.45) is 0 Å². The second-order valence-electron chi connectivity index (χ2n) is 6.67. The van der Waals surface area contributed by atoms with Crippen molar-refractivity contribution in [1.82, 2.24) is 9.97 Å². The molecular weight excluding hydrogens is 383 g/mol. The van der Waals surface area contributed by atoms with Gasteiger partial charge in [0.05, 0.1) is 29.1 Å². The highest BCUT2D eigenvalue weighted by molar-refractivity contribution is 6.07. The molecular formula is C23H19FN4O2. The average Bonchev–Trinajstić information content (AvgIpc) is 2.78. The van der Waals surface area contributed by atoms with E-state index in [1.165, 1.54) is 18.3 Å². The van der Waals surface area contributed by atoms with Crippen molar-refractivity contribution in [1.29, 1.82) is 0 Å². The van der Waals surface area contributed by atoms with Gasteiger partial charge in [-0.3, -0.25) is 9.97 Å². The molecule has 0 radical (unpaired) electrons. The van der Waals surface area contributed by atoms with Crippen LogP contribution in [0.1, 0.15) is 21.6 Å². The fraction of sp³-hybridized carbons (Fsp3) is 0.0870. The van der Waals surface area contributed by atoms with Crippen LogP contribution in [0.2, 0.25) is 0 Å². The summed E-state index contributed by atoms with van der Waals surface area (Å²) in [5, 5.41) is 3.99. The molecule has 0 aliphatic heterocycles. The lowest BCUT2D eigenvalue weighted by Gasteiger charge is -2.15. The molecule has 0 aliphatic carbocycles. The molecule has 150 valence electrons. The number of nitrogens with zero attached hydrogens (tertiary/aromatic N) is 2. The third-order valence-electron chi connectivity index (χ3n) is 4.60. The Labute approximate surface area is 172 Å². The number of ether oxygens (including phenoxy) is 1. The Morgan fingerprint density at radius 2 is 1.87 bits per heavy atom. The number of rotatable bonds is 6. The van der Waals surface area contributed by atoms with E-state index in [-0.39, 0.29) is 18.0 Å². The second kappa shape index (κ2) is 8.57. The van der Waals surface area contributed by atoms with Crippen molar-refractivity contribution in [3.63, 3.8) is 0 Å². The SMILES string of the molecule is Nc1cccc2c(NCc3ccccn3)c(C(=O)OCc3ccc(F)cc3)cnc12. The lowest BCUT2D eigenvalue weighted by molar-refractivity contribution is 0.0473. The van der Waals surface area contributed by atoms with Crippen molar-refractivity contribution in [3.8, 4) is 0 Å². The summed E-state index contributed by atoms with van der Waals surface area (Å²) in [5.41, 5.74) is 9.52. The standard InChI is InChI=1S/C23H19FN4O2/c24-16-9-7-15(8-10-16)14-30-23(29)19-13-28-22-18(5-3-6-20(22)25)21(19)27-12-17-4-1-2-11-26-17/h1-11,13H,12,14,25H2,(H,27,28). The highest BCUT2D eigenvalue weighted by Crippen LogP contribution is 2.30. The first-order chi connectivity index (χ1) is 14.6. The van der Waals surface area contributed by atoms with Crippen LogP contribution in [0.4, 0.5) is 15.8 Å². The molecule has 0 amide bonds. The fourth-order valence-corrected chi connectivity index (χ4v) is 3.08. The summed E-state index contributed by atoms with van der Waals surface area (Å²) in [7, 11) is 0. The minimum atomic E-state index is -0.542. The van der Waals surface area contributed by atoms with E-state index in [0.717, 1.165) is 5.69 Å². The molecule has 7 heteroatoms. The van der Waals surface area contributed by atoms with Crippen molar-refractivity contribution in [2.75, 3.05) is 11.1 Å². The number of pyridine rings is 2. The molecule has 2 heterocycles. The van der Waals surface area contributed by atoms with Crippen LogP contribution in [0.25, 0.3) is 10.9 Å². The third-order valence-corrected chi connectivity index (χ3v) is 4.60. The van der Waals surface area contributed by atoms with Gasteiger partial charge in [0, 0.05) is 17.8 Å². The van der Waals surface area contributed by atoms with E-state index in [1.807, 2.05) is 24.3 Å². The third kappa shape index (κ3) is 4.20. The van der Waals surface area contributed by atoms with Gasteiger partial charge < -0.3 is 15.8 Å². The zero-order chi connectivity index (χ0) is 20.9. The predicted octanol–water partition coefficient (Wildman–Crippen LogP) is 4.32. The summed E-state index contributed by atoms with van der Waals surface area (Å²) < 4.78 is 18.5. The maximum absolute atomic E-state index is 13.1. The predicted molar refractivity (Wildman–Crippen MR) is 113 cm³/mol. The number of benzene rings is 2. The highest BCUT2D eigenvalue weighted by atomic mass is 19.1. The first kappa shape index (κ1) is 19.3. The number of carbonyl (C=O) groups excluding carboxylic acids is 1. The smallest absolute Gasteiger partial charge is 0.342 e. The van der Waals surface area contributed by atoms with Gasteiger partial charge in [-0.05, 0) is 35.9 Å². The van der Waals surface area contributed by atoms with E-state index in [4.69, 9.17) is 10.5 Å². The zero-order valence-electron chi connectivity index (χ0n) is 16.0. The number of hydrogen-bond donors (Lipinski definition) is 2. The van der Waals surface area contributed by atoms with Gasteiger partial charge in [-0.15, -0.1) is 0 Å². The quantitative estimate of drug-likeness (QED) is 0.369. The number of nitrogens with two attached hydrogens (primary N) is 1. The fourth-order valence-electron chi connectivity index (χ4n) is 3.08. The summed E-state index contributed by atoms with van der Waals surface area (Å²) >= 11 is 0. The van der Waals surface area contributed by atoms with E-state index < -0.39 is 5.97 Å². The molecule has 0 saturated heterocycles. The zero-order valence-corrected chi connectivity index (χ0v) is 16.0. The number of hydrogen-bond acceptors (Lipinski definition) is 6. The number of esters is 1. The van der Waals surface area contributed by atoms with Gasteiger partial charge in [0.15, 0.2) is 0 Å². The molecule has 0 aliphatic rings. The first-order valence-corrected chi connectivity index (χ1v) is 9.34. The number of nitrogen functional groups attached to an aromatic ring is 1. The molecule has 2 aromatic heterocycles. The summed E-state index contributed by atoms with van der Waals surface area (Å²) in [6, 6.07) is 16.8. The van der Waals surface area contributed by atoms with Crippen LogP contribution in [-0.4, -0.2) is 15.9 Å². The summed E-state index contributed by atoms with van der Waals surface area (Å²) in [6.45, 7) is 0.431. The molecule has 4 aromatic rings. The highest BCUT2D eigenvalue weighted by Gasteiger charge is 2.18. The molecule has 0 fully saturated rings. The van der Waals surface area contributed by atoms with Crippen molar-refractivity contribution >= 4 is 28.2 Å². The minimum Gasteiger partial charge on any atom is -0.457 e. The van der Waals surface area contributed by atoms with Gasteiger partial charge in [0.25, 0.3) is 0 Å². The van der Waals surface area contributed by atoms with Crippen LogP contribution in [0.3, 0.4) is 0 Å². The number of fused-ring (bicyclic) bond motifs is 1. The molecule has 6 nitrogen and oxygen atoms in total. The summed E-state index contributed by atoms with van der Waals surface area (Å²) in [6.07, 6.45) is 3.16. The Hall–Kier alpha value is -4.00. The second-order valence-corrected chi connectivity index (χ2v) is 6.67. The summed E-state index contributed by atoms with van der Waals surface area (Å²) in [5.74, 6) is -0.887. The molecule has 30 heavy (non-hydrogen) atoms. The van der Waals surface area contributed by atoms with Gasteiger partial charge >= 0.3 is 5.97 Å². The van der Waals surface area contributed by atoms with Gasteiger partial charge in [0.2, 0.25) is 0 Å². The lowest BCUT2D eigenvalue weighted by atomic mass is 10.1. The van der Waals surface area contributed by atoms with E-state index in [1.54, 1.807) is 30.5 Å². The van der Waals surface area contributed by atoms with Gasteiger partial charge in [-0.1, -0.05) is 30.3 Å². The Morgan fingerprint density at radius 1 is 1.03 bits per heavy atom. The van der Waals surface area contributed by atoms with Crippen LogP contribution in [0, 0.1) is 5.82 Å². The first-order valence-electron chi connectivity index (χ1n) is 9.34. The topological polar surface area (TPSA) is 90.1 Å². The minimum absolute atomic E-state index is 0.0216. The maximum atomic E-state index is 13.1. The van der Waals surface area contributed by atoms with E-state index in [9.17, 15) is 9.18 Å². The molecule has 0 atom stereocenters. The van der Waals surface area contributed by atoms with Crippen LogP contribution in [0.5, 0.6) is 0 Å². The maximum Gasteiger partial charge on any atom is 0.342 e. The average molecular weight is 402 g/mol. The van der Waals surface area contributed by atoms with Crippen LogP contribution in [0.15, 0.2) is 73.1 Å². The van der Waals surface area contributed by atoms with Gasteiger partial charge in [0.1, 0.15) is 18.0 Å². The van der Waals surface area contributed by atoms with Crippen molar-refractivity contribution < 1.29 is 13.9 Å². The monoisotopic (exact) mass is 402 g/mol. The Morgan fingerprint density at radius 3 is 2.63 bits per heavy atom. The number of carbonyl (C=O) groups is 1. The van der Waals surface area contributed by atoms with E-state index in [2.05, 4.69) is 15.3 Å². The Balaban J connectivity index is 1.63. The number of halogens is 1. The largest absolute Gasteiger partial charge is 0.457 e. The van der Waals surface area contributed by atoms with Crippen LogP contribution < -0.4 is 11.1 Å². The van der Waals surface area contributed by atoms with Crippen LogP contribution in [-0.2, 0) is 17.9 Å². The summed E-state index contributed by atoms with van der Waals surface area (Å²) in [4.78, 5) is 21.5. The van der Waals surface area contributed by atoms with Crippen molar-refractivity contribution in [2.45, 2.75) is 13.2 Å². The lowest BCUT2D eigenvalue weighted by Crippen LogP contribution is -2.12. The Bertz CT molecular complexity index is 1180. The molecule has 2 aromatic carbocycles. The normalized spacial score (nSPS) is 10.7. The number of aromatic nitrogens is 2. The van der Waals surface area contributed by atoms with Crippen molar-refractivity contribution in [3.05, 3.63) is 95.7 Å². The Kier molecular flexibility index (Phi) is 5.52. The van der Waals surface area contributed by atoms with E-state index >= 15 is 0 Å². The molecule has 4 rings (SSSR count). The number of nitrogens with one attached hydrogen (secondary N) is 1. The number of para-hydroxylation sites is 1. The molecule has 3 N–H and O–H groups in total. The van der Waals surface area contributed by atoms with Gasteiger partial charge in [-0.2, -0.15) is 0 Å². The molecule has 0 saturated carbocycles.